The number of hydrogen-bond acceptors (Lipinski definition) is 3. The quantitative estimate of drug-likeness (QED) is 0.618. The van der Waals surface area contributed by atoms with Crippen LogP contribution in [0.2, 0.25) is 0 Å². The maximum atomic E-state index is 10.5. The number of nitrogens with zero attached hydrogens (tertiary/aromatic N) is 2. The molecule has 1 aromatic rings. The summed E-state index contributed by atoms with van der Waals surface area (Å²) in [6.07, 6.45) is 7.97. The van der Waals surface area contributed by atoms with Gasteiger partial charge in [0, 0.05) is 11.8 Å². The number of carbonyl (C=O) groups is 1. The van der Waals surface area contributed by atoms with Crippen molar-refractivity contribution in [1.29, 1.82) is 0 Å². The standard InChI is InChI=1S/C8H9N3O2/c1-2-3-11-5-6(4-10-11)7(9)8(12)13/h1,4-5,7H,3,9H2,(H,12,13). The zero-order valence-electron chi connectivity index (χ0n) is 6.84. The van der Waals surface area contributed by atoms with Gasteiger partial charge >= 0.3 is 5.97 Å². The fraction of sp³-hybridized carbons (Fsp3) is 0.250. The second kappa shape index (κ2) is 3.74. The molecule has 1 atom stereocenters. The van der Waals surface area contributed by atoms with E-state index in [4.69, 9.17) is 17.3 Å². The fourth-order valence-electron chi connectivity index (χ4n) is 0.863. The van der Waals surface area contributed by atoms with Gasteiger partial charge in [-0.25, -0.2) is 0 Å². The maximum Gasteiger partial charge on any atom is 0.325 e. The molecule has 0 radical (unpaired) electrons. The number of nitrogens with two attached hydrogens (primary N) is 1. The minimum absolute atomic E-state index is 0.312. The zero-order valence-corrected chi connectivity index (χ0v) is 6.84. The largest absolute Gasteiger partial charge is 0.480 e. The number of aromatic nitrogens is 2. The van der Waals surface area contributed by atoms with Crippen molar-refractivity contribution in [3.05, 3.63) is 18.0 Å². The van der Waals surface area contributed by atoms with Gasteiger partial charge in [-0.3, -0.25) is 9.48 Å². The molecular formula is C8H9N3O2. The number of carboxylic acids is 1. The molecule has 68 valence electrons. The topological polar surface area (TPSA) is 81.1 Å². The van der Waals surface area contributed by atoms with Gasteiger partial charge in [0.25, 0.3) is 0 Å². The highest BCUT2D eigenvalue weighted by atomic mass is 16.4. The SMILES string of the molecule is C#CCn1cc(C(N)C(=O)O)cn1. The van der Waals surface area contributed by atoms with E-state index in [1.54, 1.807) is 0 Å². The third-order valence-corrected chi connectivity index (χ3v) is 1.53. The van der Waals surface area contributed by atoms with Crippen LogP contribution in [-0.4, -0.2) is 20.9 Å². The molecule has 0 fully saturated rings. The summed E-state index contributed by atoms with van der Waals surface area (Å²) in [5, 5.41) is 12.4. The Hall–Kier alpha value is -1.80. The molecule has 0 bridgehead atoms. The van der Waals surface area contributed by atoms with Gasteiger partial charge in [0.05, 0.1) is 6.20 Å². The molecule has 3 N–H and O–H groups in total. The van der Waals surface area contributed by atoms with Crippen molar-refractivity contribution in [3.8, 4) is 12.3 Å². The summed E-state index contributed by atoms with van der Waals surface area (Å²) in [5.41, 5.74) is 5.79. The summed E-state index contributed by atoms with van der Waals surface area (Å²) in [6, 6.07) is -1.04. The normalized spacial score (nSPS) is 12.0. The van der Waals surface area contributed by atoms with Gasteiger partial charge < -0.3 is 10.8 Å². The van der Waals surface area contributed by atoms with Crippen LogP contribution in [0, 0.1) is 12.3 Å². The Morgan fingerprint density at radius 1 is 1.92 bits per heavy atom. The van der Waals surface area contributed by atoms with E-state index in [-0.39, 0.29) is 0 Å². The number of terminal acetylenes is 1. The molecule has 5 nitrogen and oxygen atoms in total. The van der Waals surface area contributed by atoms with Crippen LogP contribution in [0.1, 0.15) is 11.6 Å². The molecule has 0 amide bonds. The van der Waals surface area contributed by atoms with E-state index in [1.165, 1.54) is 17.1 Å². The van der Waals surface area contributed by atoms with Gasteiger partial charge in [0.1, 0.15) is 12.6 Å². The second-order valence-electron chi connectivity index (χ2n) is 2.49. The van der Waals surface area contributed by atoms with E-state index in [9.17, 15) is 4.79 Å². The lowest BCUT2D eigenvalue weighted by Crippen LogP contribution is -2.19. The fourth-order valence-corrected chi connectivity index (χ4v) is 0.863. The summed E-state index contributed by atoms with van der Waals surface area (Å²) in [6.45, 7) is 0.312. The molecule has 0 saturated heterocycles. The lowest BCUT2D eigenvalue weighted by molar-refractivity contribution is -0.138. The van der Waals surface area contributed by atoms with Crippen molar-refractivity contribution in [2.24, 2.45) is 5.73 Å². The number of hydrogen-bond donors (Lipinski definition) is 2. The van der Waals surface area contributed by atoms with E-state index in [0.717, 1.165) is 0 Å². The summed E-state index contributed by atoms with van der Waals surface area (Å²) in [4.78, 5) is 10.5. The highest BCUT2D eigenvalue weighted by Gasteiger charge is 2.15. The smallest absolute Gasteiger partial charge is 0.325 e. The molecule has 0 saturated carbocycles. The first-order chi connectivity index (χ1) is 6.15. The van der Waals surface area contributed by atoms with Gasteiger partial charge in [-0.1, -0.05) is 5.92 Å². The van der Waals surface area contributed by atoms with Gasteiger partial charge in [-0.05, 0) is 0 Å². The van der Waals surface area contributed by atoms with Gasteiger partial charge in [0.2, 0.25) is 0 Å². The molecule has 1 rings (SSSR count). The van der Waals surface area contributed by atoms with Crippen molar-refractivity contribution < 1.29 is 9.90 Å². The highest BCUT2D eigenvalue weighted by Crippen LogP contribution is 2.08. The molecule has 5 heteroatoms. The van der Waals surface area contributed by atoms with E-state index in [2.05, 4.69) is 11.0 Å². The van der Waals surface area contributed by atoms with Gasteiger partial charge in [-0.15, -0.1) is 6.42 Å². The van der Waals surface area contributed by atoms with Gasteiger partial charge in [0.15, 0.2) is 0 Å². The Morgan fingerprint density at radius 3 is 3.15 bits per heavy atom. The molecule has 13 heavy (non-hydrogen) atoms. The van der Waals surface area contributed by atoms with Crippen LogP contribution in [0.5, 0.6) is 0 Å². The number of aliphatic carboxylic acids is 1. The van der Waals surface area contributed by atoms with E-state index < -0.39 is 12.0 Å². The molecule has 0 spiro atoms. The zero-order chi connectivity index (χ0) is 9.84. The minimum atomic E-state index is -1.08. The highest BCUT2D eigenvalue weighted by molar-refractivity contribution is 5.74. The first-order valence-electron chi connectivity index (χ1n) is 3.59. The number of carboxylic acid groups (broad SMARTS) is 1. The second-order valence-corrected chi connectivity index (χ2v) is 2.49. The predicted molar refractivity (Wildman–Crippen MR) is 45.6 cm³/mol. The first kappa shape index (κ1) is 9.29. The average molecular weight is 179 g/mol. The Labute approximate surface area is 75.2 Å². The monoisotopic (exact) mass is 179 g/mol. The molecule has 0 aromatic carbocycles. The van der Waals surface area contributed by atoms with Gasteiger partial charge in [-0.2, -0.15) is 5.10 Å². The molecule has 0 aliphatic heterocycles. The molecule has 1 aromatic heterocycles. The maximum absolute atomic E-state index is 10.5. The van der Waals surface area contributed by atoms with Crippen molar-refractivity contribution in [3.63, 3.8) is 0 Å². The first-order valence-corrected chi connectivity index (χ1v) is 3.59. The van der Waals surface area contributed by atoms with Crippen LogP contribution >= 0.6 is 0 Å². The molecule has 1 heterocycles. The Kier molecular flexibility index (Phi) is 2.67. The molecule has 0 aliphatic carbocycles. The average Bonchev–Trinajstić information content (AvgIpc) is 2.52. The summed E-state index contributed by atoms with van der Waals surface area (Å²) < 4.78 is 1.46. The lowest BCUT2D eigenvalue weighted by atomic mass is 10.2. The Bertz CT molecular complexity index is 351. The third-order valence-electron chi connectivity index (χ3n) is 1.53. The molecular weight excluding hydrogens is 170 g/mol. The van der Waals surface area contributed by atoms with Crippen molar-refractivity contribution in [1.82, 2.24) is 9.78 Å². The van der Waals surface area contributed by atoms with E-state index in [1.807, 2.05) is 0 Å². The lowest BCUT2D eigenvalue weighted by Gasteiger charge is -2.00. The van der Waals surface area contributed by atoms with Crippen LogP contribution in [0.3, 0.4) is 0 Å². The van der Waals surface area contributed by atoms with E-state index in [0.29, 0.717) is 12.1 Å². The summed E-state index contributed by atoms with van der Waals surface area (Å²) >= 11 is 0. The molecule has 0 aliphatic rings. The molecule has 1 unspecified atom stereocenters. The number of rotatable bonds is 3. The van der Waals surface area contributed by atoms with Crippen molar-refractivity contribution in [2.75, 3.05) is 0 Å². The van der Waals surface area contributed by atoms with Crippen LogP contribution in [0.4, 0.5) is 0 Å². The summed E-state index contributed by atoms with van der Waals surface area (Å²) in [7, 11) is 0. The van der Waals surface area contributed by atoms with Crippen LogP contribution in [0.15, 0.2) is 12.4 Å². The van der Waals surface area contributed by atoms with E-state index >= 15 is 0 Å². The summed E-state index contributed by atoms with van der Waals surface area (Å²) in [5.74, 6) is 1.29. The van der Waals surface area contributed by atoms with Crippen LogP contribution in [-0.2, 0) is 11.3 Å². The predicted octanol–water partition coefficient (Wildman–Crippen LogP) is -0.399. The van der Waals surface area contributed by atoms with Crippen LogP contribution in [0.25, 0.3) is 0 Å². The third kappa shape index (κ3) is 2.07. The van der Waals surface area contributed by atoms with Crippen molar-refractivity contribution in [2.45, 2.75) is 12.6 Å². The Balaban J connectivity index is 2.80. The van der Waals surface area contributed by atoms with Crippen molar-refractivity contribution >= 4 is 5.97 Å². The minimum Gasteiger partial charge on any atom is -0.480 e. The van der Waals surface area contributed by atoms with Crippen LogP contribution < -0.4 is 5.73 Å². The Morgan fingerprint density at radius 2 is 2.62 bits per heavy atom.